The SMILES string of the molecule is CC(C)OCCN(C)c1ccc(Br)cc1N. The lowest BCUT2D eigenvalue weighted by molar-refractivity contribution is 0.0846. The molecule has 0 fully saturated rings. The number of rotatable bonds is 5. The Morgan fingerprint density at radius 2 is 2.12 bits per heavy atom. The summed E-state index contributed by atoms with van der Waals surface area (Å²) in [6, 6.07) is 5.91. The quantitative estimate of drug-likeness (QED) is 0.846. The maximum atomic E-state index is 5.94. The molecule has 0 bridgehead atoms. The highest BCUT2D eigenvalue weighted by atomic mass is 79.9. The topological polar surface area (TPSA) is 38.5 Å². The predicted molar refractivity (Wildman–Crippen MR) is 72.9 cm³/mol. The van der Waals surface area contributed by atoms with Crippen molar-refractivity contribution in [2.45, 2.75) is 20.0 Å². The van der Waals surface area contributed by atoms with Gasteiger partial charge in [0, 0.05) is 18.1 Å². The zero-order chi connectivity index (χ0) is 12.1. The van der Waals surface area contributed by atoms with Gasteiger partial charge in [0.05, 0.1) is 24.1 Å². The second-order valence-electron chi connectivity index (χ2n) is 4.04. The molecule has 4 heteroatoms. The maximum absolute atomic E-state index is 5.94. The smallest absolute Gasteiger partial charge is 0.0644 e. The van der Waals surface area contributed by atoms with Crippen LogP contribution in [0.5, 0.6) is 0 Å². The van der Waals surface area contributed by atoms with Gasteiger partial charge in [0.15, 0.2) is 0 Å². The van der Waals surface area contributed by atoms with Crippen LogP contribution >= 0.6 is 15.9 Å². The van der Waals surface area contributed by atoms with Gasteiger partial charge in [-0.1, -0.05) is 15.9 Å². The molecule has 2 N–H and O–H groups in total. The van der Waals surface area contributed by atoms with Crippen LogP contribution in [0, 0.1) is 0 Å². The Morgan fingerprint density at radius 1 is 1.44 bits per heavy atom. The fraction of sp³-hybridized carbons (Fsp3) is 0.500. The summed E-state index contributed by atoms with van der Waals surface area (Å²) in [6.45, 7) is 5.62. The molecule has 3 nitrogen and oxygen atoms in total. The van der Waals surface area contributed by atoms with Gasteiger partial charge in [0.2, 0.25) is 0 Å². The summed E-state index contributed by atoms with van der Waals surface area (Å²) in [5.41, 5.74) is 7.76. The summed E-state index contributed by atoms with van der Waals surface area (Å²) in [5, 5.41) is 0. The molecule has 0 spiro atoms. The van der Waals surface area contributed by atoms with Crippen LogP contribution in [0.2, 0.25) is 0 Å². The Kier molecular flexibility index (Phi) is 5.09. The van der Waals surface area contributed by atoms with Crippen LogP contribution in [-0.4, -0.2) is 26.3 Å². The second kappa shape index (κ2) is 6.11. The van der Waals surface area contributed by atoms with Crippen LogP contribution in [0.3, 0.4) is 0 Å². The summed E-state index contributed by atoms with van der Waals surface area (Å²) in [5.74, 6) is 0. The number of likely N-dealkylation sites (N-methyl/N-ethyl adjacent to an activating group) is 1. The molecule has 0 saturated carbocycles. The van der Waals surface area contributed by atoms with E-state index in [-0.39, 0.29) is 6.10 Å². The average Bonchev–Trinajstić information content (AvgIpc) is 2.16. The van der Waals surface area contributed by atoms with Crippen molar-refractivity contribution in [3.8, 4) is 0 Å². The molecule has 0 unspecified atom stereocenters. The average molecular weight is 287 g/mol. The van der Waals surface area contributed by atoms with Crippen LogP contribution in [0.15, 0.2) is 22.7 Å². The van der Waals surface area contributed by atoms with E-state index in [1.54, 1.807) is 0 Å². The van der Waals surface area contributed by atoms with E-state index in [4.69, 9.17) is 10.5 Å². The number of halogens is 1. The Labute approximate surface area is 106 Å². The van der Waals surface area contributed by atoms with Crippen molar-refractivity contribution < 1.29 is 4.74 Å². The summed E-state index contributed by atoms with van der Waals surface area (Å²) < 4.78 is 6.51. The lowest BCUT2D eigenvalue weighted by atomic mass is 10.2. The molecule has 0 aromatic heterocycles. The first kappa shape index (κ1) is 13.3. The summed E-state index contributed by atoms with van der Waals surface area (Å²) >= 11 is 3.39. The zero-order valence-electron chi connectivity index (χ0n) is 10.0. The largest absolute Gasteiger partial charge is 0.397 e. The molecule has 0 saturated heterocycles. The van der Waals surface area contributed by atoms with Crippen molar-refractivity contribution in [3.63, 3.8) is 0 Å². The number of hydrogen-bond donors (Lipinski definition) is 1. The highest BCUT2D eigenvalue weighted by molar-refractivity contribution is 9.10. The fourth-order valence-corrected chi connectivity index (χ4v) is 1.80. The summed E-state index contributed by atoms with van der Waals surface area (Å²) in [6.07, 6.45) is 0.274. The van der Waals surface area contributed by atoms with Gasteiger partial charge in [-0.3, -0.25) is 0 Å². The van der Waals surface area contributed by atoms with Gasteiger partial charge in [-0.25, -0.2) is 0 Å². The van der Waals surface area contributed by atoms with Gasteiger partial charge in [0.25, 0.3) is 0 Å². The molecule has 0 heterocycles. The lowest BCUT2D eigenvalue weighted by Gasteiger charge is -2.21. The van der Waals surface area contributed by atoms with E-state index >= 15 is 0 Å². The van der Waals surface area contributed by atoms with Crippen molar-refractivity contribution in [3.05, 3.63) is 22.7 Å². The lowest BCUT2D eigenvalue weighted by Crippen LogP contribution is -2.24. The molecule has 0 aliphatic carbocycles. The van der Waals surface area contributed by atoms with E-state index in [9.17, 15) is 0 Å². The monoisotopic (exact) mass is 286 g/mol. The van der Waals surface area contributed by atoms with Crippen molar-refractivity contribution in [1.82, 2.24) is 0 Å². The minimum absolute atomic E-state index is 0.274. The minimum Gasteiger partial charge on any atom is -0.397 e. The Morgan fingerprint density at radius 3 is 2.69 bits per heavy atom. The number of nitrogens with zero attached hydrogens (tertiary/aromatic N) is 1. The van der Waals surface area contributed by atoms with E-state index in [1.807, 2.05) is 39.1 Å². The third-order valence-electron chi connectivity index (χ3n) is 2.28. The van der Waals surface area contributed by atoms with Crippen LogP contribution in [0.25, 0.3) is 0 Å². The number of nitrogens with two attached hydrogens (primary N) is 1. The zero-order valence-corrected chi connectivity index (χ0v) is 11.6. The molecule has 1 aromatic carbocycles. The number of benzene rings is 1. The van der Waals surface area contributed by atoms with E-state index in [2.05, 4.69) is 20.8 Å². The van der Waals surface area contributed by atoms with Gasteiger partial charge >= 0.3 is 0 Å². The van der Waals surface area contributed by atoms with Crippen molar-refractivity contribution in [2.75, 3.05) is 30.8 Å². The molecule has 90 valence electrons. The Bertz CT molecular complexity index is 342. The van der Waals surface area contributed by atoms with Crippen LogP contribution in [0.4, 0.5) is 11.4 Å². The van der Waals surface area contributed by atoms with E-state index in [0.29, 0.717) is 6.61 Å². The number of ether oxygens (including phenoxy) is 1. The molecule has 0 aliphatic rings. The number of hydrogen-bond acceptors (Lipinski definition) is 3. The molecule has 1 aromatic rings. The highest BCUT2D eigenvalue weighted by Crippen LogP contribution is 2.25. The third kappa shape index (κ3) is 4.02. The molecular formula is C12H19BrN2O. The molecule has 0 radical (unpaired) electrons. The van der Waals surface area contributed by atoms with Gasteiger partial charge in [0.1, 0.15) is 0 Å². The molecular weight excluding hydrogens is 268 g/mol. The van der Waals surface area contributed by atoms with Crippen LogP contribution in [-0.2, 0) is 4.74 Å². The van der Waals surface area contributed by atoms with E-state index < -0.39 is 0 Å². The third-order valence-corrected chi connectivity index (χ3v) is 2.77. The molecule has 16 heavy (non-hydrogen) atoms. The summed E-state index contributed by atoms with van der Waals surface area (Å²) in [7, 11) is 2.02. The standard InChI is InChI=1S/C12H19BrN2O/c1-9(2)16-7-6-15(3)12-5-4-10(13)8-11(12)14/h4-5,8-9H,6-7,14H2,1-3H3. The van der Waals surface area contributed by atoms with E-state index in [1.165, 1.54) is 0 Å². The first-order valence-electron chi connectivity index (χ1n) is 5.38. The molecule has 0 atom stereocenters. The van der Waals surface area contributed by atoms with Gasteiger partial charge in [-0.2, -0.15) is 0 Å². The van der Waals surface area contributed by atoms with Gasteiger partial charge < -0.3 is 15.4 Å². The van der Waals surface area contributed by atoms with Crippen molar-refractivity contribution >= 4 is 27.3 Å². The highest BCUT2D eigenvalue weighted by Gasteiger charge is 2.05. The van der Waals surface area contributed by atoms with Crippen molar-refractivity contribution in [2.24, 2.45) is 0 Å². The van der Waals surface area contributed by atoms with Crippen LogP contribution < -0.4 is 10.6 Å². The first-order chi connectivity index (χ1) is 7.50. The first-order valence-corrected chi connectivity index (χ1v) is 6.17. The molecule has 0 aliphatic heterocycles. The summed E-state index contributed by atoms with van der Waals surface area (Å²) in [4.78, 5) is 2.10. The maximum Gasteiger partial charge on any atom is 0.0644 e. The number of anilines is 2. The molecule has 0 amide bonds. The minimum atomic E-state index is 0.274. The Balaban J connectivity index is 2.55. The predicted octanol–water partition coefficient (Wildman–Crippen LogP) is 2.89. The van der Waals surface area contributed by atoms with Crippen LogP contribution in [0.1, 0.15) is 13.8 Å². The number of nitrogen functional groups attached to an aromatic ring is 1. The fourth-order valence-electron chi connectivity index (χ4n) is 1.42. The second-order valence-corrected chi connectivity index (χ2v) is 4.96. The Hall–Kier alpha value is -0.740. The van der Waals surface area contributed by atoms with Gasteiger partial charge in [-0.15, -0.1) is 0 Å². The van der Waals surface area contributed by atoms with E-state index in [0.717, 1.165) is 22.4 Å². The van der Waals surface area contributed by atoms with Crippen molar-refractivity contribution in [1.29, 1.82) is 0 Å². The van der Waals surface area contributed by atoms with Gasteiger partial charge in [-0.05, 0) is 32.0 Å². The normalized spacial score (nSPS) is 10.8. The molecule has 1 rings (SSSR count).